The quantitative estimate of drug-likeness (QED) is 0.770. The molecule has 2 aliphatic rings. The Labute approximate surface area is 115 Å². The molecule has 4 heteroatoms. The fraction of sp³-hybridized carbons (Fsp3) is 1.00. The molecule has 0 radical (unpaired) electrons. The first kappa shape index (κ1) is 14.6. The first-order chi connectivity index (χ1) is 8.36. The lowest BCUT2D eigenvalue weighted by Crippen LogP contribution is -2.51. The van der Waals surface area contributed by atoms with Gasteiger partial charge in [0.25, 0.3) is 0 Å². The third kappa shape index (κ3) is 2.45. The summed E-state index contributed by atoms with van der Waals surface area (Å²) in [5.74, 6) is 0. The second kappa shape index (κ2) is 5.31. The Hall–Kier alpha value is 0.230. The van der Waals surface area contributed by atoms with Crippen molar-refractivity contribution in [3.63, 3.8) is 0 Å². The molecule has 0 aromatic heterocycles. The largest absolute Gasteiger partial charge is 0.376 e. The van der Waals surface area contributed by atoms with Crippen LogP contribution < -0.4 is 0 Å². The Balaban J connectivity index is 2.16. The molecule has 2 bridgehead atoms. The number of thioether (sulfide) groups is 1. The summed E-state index contributed by atoms with van der Waals surface area (Å²) in [6, 6.07) is 0. The van der Waals surface area contributed by atoms with Crippen LogP contribution in [0.5, 0.6) is 0 Å². The van der Waals surface area contributed by atoms with Crippen molar-refractivity contribution in [3.8, 4) is 0 Å². The van der Waals surface area contributed by atoms with E-state index in [2.05, 4.69) is 41.5 Å². The molecule has 0 saturated carbocycles. The first-order valence-electron chi connectivity index (χ1n) is 6.97. The van der Waals surface area contributed by atoms with Gasteiger partial charge in [-0.3, -0.25) is 0 Å². The second-order valence-corrected chi connectivity index (χ2v) is 7.51. The van der Waals surface area contributed by atoms with Crippen molar-refractivity contribution in [2.75, 3.05) is 6.61 Å². The highest BCUT2D eigenvalue weighted by atomic mass is 32.2. The van der Waals surface area contributed by atoms with Gasteiger partial charge < -0.3 is 14.2 Å². The summed E-state index contributed by atoms with van der Waals surface area (Å²) in [5, 5.41) is 0.874. The number of hydrogen-bond acceptors (Lipinski definition) is 4. The van der Waals surface area contributed by atoms with Crippen molar-refractivity contribution in [1.82, 2.24) is 0 Å². The van der Waals surface area contributed by atoms with Gasteiger partial charge in [-0.05, 0) is 34.6 Å². The number of rotatable bonds is 5. The van der Waals surface area contributed by atoms with Crippen molar-refractivity contribution >= 4 is 11.8 Å². The minimum Gasteiger partial charge on any atom is -0.376 e. The lowest BCUT2D eigenvalue weighted by atomic mass is 9.94. The van der Waals surface area contributed by atoms with E-state index in [1.165, 1.54) is 0 Å². The Kier molecular flexibility index (Phi) is 4.32. The molecular formula is C14H26O3S. The molecule has 2 fully saturated rings. The third-order valence-electron chi connectivity index (χ3n) is 3.76. The minimum atomic E-state index is -0.261. The smallest absolute Gasteiger partial charge is 0.130 e. The van der Waals surface area contributed by atoms with E-state index < -0.39 is 0 Å². The van der Waals surface area contributed by atoms with Crippen molar-refractivity contribution in [1.29, 1.82) is 0 Å². The number of hydrogen-bond donors (Lipinski definition) is 0. The average Bonchev–Trinajstić information content (AvgIpc) is 2.64. The maximum atomic E-state index is 6.25. The zero-order valence-electron chi connectivity index (χ0n) is 12.3. The predicted molar refractivity (Wildman–Crippen MR) is 75.2 cm³/mol. The molecule has 0 amide bonds. The molecule has 2 aliphatic heterocycles. The van der Waals surface area contributed by atoms with Gasteiger partial charge in [-0.25, -0.2) is 0 Å². The van der Waals surface area contributed by atoms with Gasteiger partial charge in [-0.15, -0.1) is 11.8 Å². The Bertz CT molecular complexity index is 295. The summed E-state index contributed by atoms with van der Waals surface area (Å²) >= 11 is 1.99. The average molecular weight is 274 g/mol. The molecule has 2 rings (SSSR count). The van der Waals surface area contributed by atoms with E-state index in [1.807, 2.05) is 11.8 Å². The van der Waals surface area contributed by atoms with Crippen LogP contribution in [0.4, 0.5) is 0 Å². The Morgan fingerprint density at radius 3 is 2.39 bits per heavy atom. The van der Waals surface area contributed by atoms with E-state index in [0.717, 1.165) is 0 Å². The van der Waals surface area contributed by atoms with E-state index in [9.17, 15) is 0 Å². The van der Waals surface area contributed by atoms with Crippen LogP contribution in [0.15, 0.2) is 0 Å². The van der Waals surface area contributed by atoms with Crippen molar-refractivity contribution in [3.05, 3.63) is 0 Å². The standard InChI is InChI=1S/C14H26O3S/c1-8(2)15-7-14-11(6)18-12(10(5)17-14)13(14)16-9(3)4/h8-13H,7H2,1-6H3/t10-,11+,12-,13-,14-/m0/s1. The highest BCUT2D eigenvalue weighted by Crippen LogP contribution is 2.54. The summed E-state index contributed by atoms with van der Waals surface area (Å²) in [6.45, 7) is 13.3. The van der Waals surface area contributed by atoms with Crippen LogP contribution in [0, 0.1) is 0 Å². The zero-order valence-corrected chi connectivity index (χ0v) is 13.1. The molecule has 0 N–H and O–H groups in total. The van der Waals surface area contributed by atoms with E-state index in [4.69, 9.17) is 14.2 Å². The monoisotopic (exact) mass is 274 g/mol. The molecule has 18 heavy (non-hydrogen) atoms. The molecule has 0 spiro atoms. The van der Waals surface area contributed by atoms with Crippen LogP contribution in [0.2, 0.25) is 0 Å². The van der Waals surface area contributed by atoms with Gasteiger partial charge in [0.05, 0.1) is 30.2 Å². The summed E-state index contributed by atoms with van der Waals surface area (Å²) < 4.78 is 18.3. The highest BCUT2D eigenvalue weighted by Gasteiger charge is 2.64. The highest BCUT2D eigenvalue weighted by molar-refractivity contribution is 8.01. The predicted octanol–water partition coefficient (Wildman–Crippen LogP) is 2.87. The second-order valence-electron chi connectivity index (χ2n) is 5.99. The van der Waals surface area contributed by atoms with Gasteiger partial charge in [0, 0.05) is 5.25 Å². The Morgan fingerprint density at radius 2 is 1.83 bits per heavy atom. The third-order valence-corrected chi connectivity index (χ3v) is 5.51. The summed E-state index contributed by atoms with van der Waals surface area (Å²) in [7, 11) is 0. The summed E-state index contributed by atoms with van der Waals surface area (Å²) in [4.78, 5) is 0. The zero-order chi connectivity index (χ0) is 13.5. The van der Waals surface area contributed by atoms with E-state index in [1.54, 1.807) is 0 Å². The van der Waals surface area contributed by atoms with Gasteiger partial charge in [-0.1, -0.05) is 6.92 Å². The Morgan fingerprint density at radius 1 is 1.17 bits per heavy atom. The lowest BCUT2D eigenvalue weighted by Gasteiger charge is -2.36. The van der Waals surface area contributed by atoms with Gasteiger partial charge in [-0.2, -0.15) is 0 Å². The molecule has 5 atom stereocenters. The van der Waals surface area contributed by atoms with E-state index >= 15 is 0 Å². The molecule has 2 saturated heterocycles. The molecule has 0 aromatic carbocycles. The van der Waals surface area contributed by atoms with E-state index in [0.29, 0.717) is 17.1 Å². The maximum absolute atomic E-state index is 6.25. The normalized spacial score (nSPS) is 43.3. The molecule has 0 unspecified atom stereocenters. The number of ether oxygens (including phenoxy) is 3. The van der Waals surface area contributed by atoms with Gasteiger partial charge in [0.2, 0.25) is 0 Å². The van der Waals surface area contributed by atoms with Gasteiger partial charge >= 0.3 is 0 Å². The maximum Gasteiger partial charge on any atom is 0.130 e. The van der Waals surface area contributed by atoms with Crippen molar-refractivity contribution in [2.45, 2.75) is 82.1 Å². The van der Waals surface area contributed by atoms with E-state index in [-0.39, 0.29) is 30.0 Å². The van der Waals surface area contributed by atoms with Crippen LogP contribution in [-0.4, -0.2) is 47.1 Å². The van der Waals surface area contributed by atoms with Crippen LogP contribution >= 0.6 is 11.8 Å². The molecule has 2 heterocycles. The SMILES string of the molecule is CC(C)OC[C@]12O[C@@H](C)[C@H](S[C@@H]1C)[C@@H]2OC(C)C. The van der Waals surface area contributed by atoms with Crippen LogP contribution in [0.25, 0.3) is 0 Å². The first-order valence-corrected chi connectivity index (χ1v) is 7.91. The van der Waals surface area contributed by atoms with Crippen LogP contribution in [0.3, 0.4) is 0 Å². The van der Waals surface area contributed by atoms with Crippen LogP contribution in [-0.2, 0) is 14.2 Å². The molecule has 0 aliphatic carbocycles. The molecular weight excluding hydrogens is 248 g/mol. The van der Waals surface area contributed by atoms with Gasteiger partial charge in [0.1, 0.15) is 11.7 Å². The van der Waals surface area contributed by atoms with Crippen LogP contribution in [0.1, 0.15) is 41.5 Å². The summed E-state index contributed by atoms with van der Waals surface area (Å²) in [5.41, 5.74) is -0.261. The van der Waals surface area contributed by atoms with Crippen molar-refractivity contribution < 1.29 is 14.2 Å². The fourth-order valence-corrected chi connectivity index (χ4v) is 4.55. The topological polar surface area (TPSA) is 27.7 Å². The number of fused-ring (bicyclic) bond motifs is 2. The fourth-order valence-electron chi connectivity index (χ4n) is 2.88. The lowest BCUT2D eigenvalue weighted by molar-refractivity contribution is -0.150. The summed E-state index contributed by atoms with van der Waals surface area (Å²) in [6.07, 6.45) is 0.877. The molecule has 106 valence electrons. The van der Waals surface area contributed by atoms with Gasteiger partial charge in [0.15, 0.2) is 0 Å². The molecule has 0 aromatic rings. The van der Waals surface area contributed by atoms with Crippen molar-refractivity contribution in [2.24, 2.45) is 0 Å². The minimum absolute atomic E-state index is 0.159. The molecule has 3 nitrogen and oxygen atoms in total.